The van der Waals surface area contributed by atoms with Gasteiger partial charge in [0.05, 0.1) is 13.2 Å². The molecule has 0 aromatic heterocycles. The number of hydrogen-bond donors (Lipinski definition) is 3. The van der Waals surface area contributed by atoms with Crippen LogP contribution >= 0.6 is 7.75 Å². The van der Waals surface area contributed by atoms with Gasteiger partial charge in [0, 0.05) is 17.2 Å². The Kier molecular flexibility index (Phi) is 10.3. The number of esters is 1. The van der Waals surface area contributed by atoms with E-state index in [2.05, 4.69) is 27.0 Å². The molecular formula is C26H34FN6O8P. The van der Waals surface area contributed by atoms with E-state index in [0.717, 1.165) is 43.1 Å². The summed E-state index contributed by atoms with van der Waals surface area (Å²) in [6, 6.07) is 6.84. The summed E-state index contributed by atoms with van der Waals surface area (Å²) in [5.41, 5.74) is 6.93. The number of carbonyl (C=O) groups excluding carboxylic acids is 2. The predicted molar refractivity (Wildman–Crippen MR) is 147 cm³/mol. The molecule has 1 amide bonds. The first-order valence-corrected chi connectivity index (χ1v) is 15.0. The van der Waals surface area contributed by atoms with Gasteiger partial charge in [-0.2, -0.15) is 5.09 Å². The molecule has 1 aromatic rings. The van der Waals surface area contributed by atoms with Gasteiger partial charge in [-0.05, 0) is 50.3 Å². The molecule has 2 aliphatic heterocycles. The Morgan fingerprint density at radius 2 is 2.10 bits per heavy atom. The summed E-state index contributed by atoms with van der Waals surface area (Å²) in [5.74, 6) is -1.04. The van der Waals surface area contributed by atoms with Gasteiger partial charge in [0.15, 0.2) is 12.4 Å². The molecule has 42 heavy (non-hydrogen) atoms. The highest BCUT2D eigenvalue weighted by Gasteiger charge is 2.58. The van der Waals surface area contributed by atoms with Crippen LogP contribution in [0.5, 0.6) is 5.75 Å². The van der Waals surface area contributed by atoms with Crippen molar-refractivity contribution in [3.05, 3.63) is 65.5 Å². The maximum Gasteiger partial charge on any atom is 0.459 e. The Labute approximate surface area is 242 Å². The Morgan fingerprint density at radius 1 is 1.38 bits per heavy atom. The number of benzene rings is 1. The lowest BCUT2D eigenvalue weighted by Crippen LogP contribution is -2.49. The lowest BCUT2D eigenvalue weighted by Gasteiger charge is -2.34. The SMILES string of the molecule is C=C1NC(=O)C=CN1[C@@H]1O[C@](CN=[N+]=[N-])(COP(=O)(NC(C)C(=O)OC2CCCCC2)Oc2ccccc2)[C@@H](O)[C@H]1F. The van der Waals surface area contributed by atoms with E-state index < -0.39 is 62.9 Å². The first-order valence-electron chi connectivity index (χ1n) is 13.5. The first-order chi connectivity index (χ1) is 20.1. The second kappa shape index (κ2) is 13.7. The van der Waals surface area contributed by atoms with Gasteiger partial charge in [-0.25, -0.2) is 8.96 Å². The summed E-state index contributed by atoms with van der Waals surface area (Å²) < 4.78 is 52.3. The number of aliphatic hydroxyl groups excluding tert-OH is 1. The van der Waals surface area contributed by atoms with Crippen LogP contribution in [0.15, 0.2) is 60.1 Å². The number of para-hydroxylation sites is 1. The number of ether oxygens (including phenoxy) is 2. The van der Waals surface area contributed by atoms with Gasteiger partial charge < -0.3 is 29.3 Å². The van der Waals surface area contributed by atoms with Gasteiger partial charge in [0.25, 0.3) is 5.91 Å². The molecule has 6 atom stereocenters. The maximum absolute atomic E-state index is 15.5. The van der Waals surface area contributed by atoms with Crippen molar-refractivity contribution in [2.24, 2.45) is 5.11 Å². The molecule has 3 N–H and O–H groups in total. The molecule has 1 aliphatic carbocycles. The van der Waals surface area contributed by atoms with Crippen molar-refractivity contribution >= 4 is 19.6 Å². The summed E-state index contributed by atoms with van der Waals surface area (Å²) in [6.45, 7) is 3.69. The van der Waals surface area contributed by atoms with Crippen LogP contribution in [-0.2, 0) is 28.2 Å². The number of azide groups is 1. The van der Waals surface area contributed by atoms with Crippen molar-refractivity contribution < 1.29 is 42.2 Å². The number of hydrogen-bond acceptors (Lipinski definition) is 10. The van der Waals surface area contributed by atoms with Crippen molar-refractivity contribution in [2.45, 2.75) is 75.3 Å². The third-order valence-electron chi connectivity index (χ3n) is 7.10. The molecule has 4 rings (SSSR count). The quantitative estimate of drug-likeness (QED) is 0.104. The van der Waals surface area contributed by atoms with E-state index in [0.29, 0.717) is 0 Å². The molecule has 1 saturated carbocycles. The molecule has 1 aromatic carbocycles. The van der Waals surface area contributed by atoms with Gasteiger partial charge in [-0.3, -0.25) is 14.1 Å². The maximum atomic E-state index is 15.5. The van der Waals surface area contributed by atoms with Gasteiger partial charge in [-0.15, -0.1) is 0 Å². The highest BCUT2D eigenvalue weighted by Crippen LogP contribution is 2.48. The zero-order valence-electron chi connectivity index (χ0n) is 23.0. The third kappa shape index (κ3) is 7.49. The minimum absolute atomic E-state index is 0.0205. The van der Waals surface area contributed by atoms with Gasteiger partial charge in [0.1, 0.15) is 35.4 Å². The van der Waals surface area contributed by atoms with Crippen molar-refractivity contribution in [1.82, 2.24) is 15.3 Å². The summed E-state index contributed by atoms with van der Waals surface area (Å²) in [5, 5.41) is 19.4. The number of nitrogens with zero attached hydrogens (tertiary/aromatic N) is 4. The average Bonchev–Trinajstić information content (AvgIpc) is 3.21. The van der Waals surface area contributed by atoms with Crippen LogP contribution in [0, 0.1) is 0 Å². The van der Waals surface area contributed by atoms with Crippen LogP contribution in [0.3, 0.4) is 0 Å². The number of carbonyl (C=O) groups is 2. The number of nitrogens with one attached hydrogen (secondary N) is 2. The Balaban J connectivity index is 1.55. The lowest BCUT2D eigenvalue weighted by molar-refractivity contribution is -0.152. The molecule has 2 heterocycles. The summed E-state index contributed by atoms with van der Waals surface area (Å²) in [4.78, 5) is 28.3. The van der Waals surface area contributed by atoms with Crippen LogP contribution in [0.1, 0.15) is 39.0 Å². The summed E-state index contributed by atoms with van der Waals surface area (Å²) in [7, 11) is -4.45. The van der Waals surface area contributed by atoms with Crippen molar-refractivity contribution in [2.75, 3.05) is 13.2 Å². The number of rotatable bonds is 12. The highest BCUT2D eigenvalue weighted by molar-refractivity contribution is 7.52. The van der Waals surface area contributed by atoms with E-state index in [1.54, 1.807) is 18.2 Å². The molecule has 2 unspecified atom stereocenters. The second-order valence-electron chi connectivity index (χ2n) is 10.2. The van der Waals surface area contributed by atoms with E-state index in [9.17, 15) is 19.3 Å². The average molecular weight is 609 g/mol. The fourth-order valence-electron chi connectivity index (χ4n) is 4.85. The standard InChI is InChI=1S/C26H34FN6O8P/c1-17(25(36)39-19-9-5-3-6-10-19)31-42(37,41-20-11-7-4-8-12-20)38-16-26(15-29-32-28)23(35)22(27)24(40-26)33-14-13-21(34)30-18(33)2/h4,7-8,11-14,17,19,22-24,35H,2-3,5-6,9-10,15-16H2,1H3,(H,30,34)(H,31,37)/t17?,22-,23+,24-,26-,42?/m1/s1. The zero-order valence-corrected chi connectivity index (χ0v) is 23.9. The van der Waals surface area contributed by atoms with Crippen LogP contribution in [0.25, 0.3) is 10.4 Å². The van der Waals surface area contributed by atoms with Gasteiger partial charge in [0.2, 0.25) is 0 Å². The van der Waals surface area contributed by atoms with Crippen molar-refractivity contribution in [1.29, 1.82) is 0 Å². The molecule has 228 valence electrons. The van der Waals surface area contributed by atoms with Gasteiger partial charge in [-0.1, -0.05) is 36.3 Å². The monoisotopic (exact) mass is 608 g/mol. The molecule has 0 spiro atoms. The second-order valence-corrected chi connectivity index (χ2v) is 11.9. The van der Waals surface area contributed by atoms with Crippen LogP contribution in [0.2, 0.25) is 0 Å². The summed E-state index contributed by atoms with van der Waals surface area (Å²) in [6.07, 6.45) is 0.942. The van der Waals surface area contributed by atoms with E-state index in [1.165, 1.54) is 25.3 Å². The van der Waals surface area contributed by atoms with Crippen molar-refractivity contribution in [3.63, 3.8) is 0 Å². The van der Waals surface area contributed by atoms with Crippen LogP contribution < -0.4 is 14.9 Å². The molecule has 14 nitrogen and oxygen atoms in total. The molecule has 0 bridgehead atoms. The Bertz CT molecular complexity index is 1270. The highest BCUT2D eigenvalue weighted by atomic mass is 31.2. The first kappa shape index (κ1) is 31.5. The van der Waals surface area contributed by atoms with Crippen molar-refractivity contribution in [3.8, 4) is 5.75 Å². The third-order valence-corrected chi connectivity index (χ3v) is 8.72. The molecule has 1 saturated heterocycles. The topological polar surface area (TPSA) is 184 Å². The lowest BCUT2D eigenvalue weighted by atomic mass is 9.97. The van der Waals surface area contributed by atoms with Crippen LogP contribution in [0.4, 0.5) is 4.39 Å². The number of halogens is 1. The van der Waals surface area contributed by atoms with Gasteiger partial charge >= 0.3 is 13.7 Å². The summed E-state index contributed by atoms with van der Waals surface area (Å²) >= 11 is 0. The van der Waals surface area contributed by atoms with E-state index in [1.807, 2.05) is 0 Å². The Morgan fingerprint density at radius 3 is 2.76 bits per heavy atom. The number of amides is 1. The minimum Gasteiger partial charge on any atom is -0.461 e. The molecule has 16 heteroatoms. The van der Waals surface area contributed by atoms with E-state index in [-0.39, 0.29) is 17.7 Å². The zero-order chi connectivity index (χ0) is 30.3. The molecule has 2 fully saturated rings. The fourth-order valence-corrected chi connectivity index (χ4v) is 6.39. The largest absolute Gasteiger partial charge is 0.461 e. The molecule has 0 radical (unpaired) electrons. The fraction of sp³-hybridized carbons (Fsp3) is 0.538. The normalized spacial score (nSPS) is 28.4. The predicted octanol–water partition coefficient (Wildman–Crippen LogP) is 3.57. The number of alkyl halides is 1. The van der Waals surface area contributed by atoms with E-state index >= 15 is 4.39 Å². The van der Waals surface area contributed by atoms with Crippen LogP contribution in [-0.4, -0.2) is 71.3 Å². The van der Waals surface area contributed by atoms with E-state index in [4.69, 9.17) is 24.1 Å². The minimum atomic E-state index is -4.45. The number of aliphatic hydroxyl groups is 1. The Hall–Kier alpha value is -3.45. The molecular weight excluding hydrogens is 574 g/mol. The smallest absolute Gasteiger partial charge is 0.459 e. The molecule has 3 aliphatic rings.